The molecule has 2 aliphatic rings. The first kappa shape index (κ1) is 16.8. The Morgan fingerprint density at radius 1 is 1.20 bits per heavy atom. The minimum atomic E-state index is -0.386. The smallest absolute Gasteiger partial charge is 0.324 e. The number of likely N-dealkylation sites (tertiary alicyclic amines) is 1. The number of amides is 4. The third kappa shape index (κ3) is 3.28. The summed E-state index contributed by atoms with van der Waals surface area (Å²) in [4.78, 5) is 38.2. The number of rotatable bonds is 5. The van der Waals surface area contributed by atoms with Gasteiger partial charge in [-0.1, -0.05) is 6.07 Å². The SMILES string of the molecule is COc1ccc(/C=C/C(=O)N2CC(N3C(=O)CNC3=O)C2)cc1OC. The van der Waals surface area contributed by atoms with E-state index in [1.165, 1.54) is 11.0 Å². The predicted molar refractivity (Wildman–Crippen MR) is 89.2 cm³/mol. The number of urea groups is 1. The summed E-state index contributed by atoms with van der Waals surface area (Å²) >= 11 is 0. The van der Waals surface area contributed by atoms with Gasteiger partial charge in [-0.2, -0.15) is 0 Å². The number of ether oxygens (including phenoxy) is 2. The lowest BCUT2D eigenvalue weighted by Gasteiger charge is -2.41. The molecule has 2 aliphatic heterocycles. The van der Waals surface area contributed by atoms with Crippen molar-refractivity contribution in [3.63, 3.8) is 0 Å². The average molecular weight is 345 g/mol. The first-order valence-corrected chi connectivity index (χ1v) is 7.82. The van der Waals surface area contributed by atoms with Crippen LogP contribution in [-0.2, 0) is 9.59 Å². The van der Waals surface area contributed by atoms with Crippen molar-refractivity contribution in [3.05, 3.63) is 29.8 Å². The first-order chi connectivity index (χ1) is 12.0. The normalized spacial score (nSPS) is 17.7. The maximum atomic E-state index is 12.2. The van der Waals surface area contributed by atoms with E-state index in [1.807, 2.05) is 6.07 Å². The van der Waals surface area contributed by atoms with Crippen LogP contribution in [0.25, 0.3) is 6.08 Å². The molecular formula is C17H19N3O5. The molecule has 0 atom stereocenters. The maximum absolute atomic E-state index is 12.2. The van der Waals surface area contributed by atoms with Crippen LogP contribution in [0.1, 0.15) is 5.56 Å². The van der Waals surface area contributed by atoms with Crippen LogP contribution in [0.15, 0.2) is 24.3 Å². The fraction of sp³-hybridized carbons (Fsp3) is 0.353. The summed E-state index contributed by atoms with van der Waals surface area (Å²) in [7, 11) is 3.11. The third-order valence-corrected chi connectivity index (χ3v) is 4.24. The highest BCUT2D eigenvalue weighted by Crippen LogP contribution is 2.28. The number of imide groups is 1. The van der Waals surface area contributed by atoms with Gasteiger partial charge < -0.3 is 19.7 Å². The van der Waals surface area contributed by atoms with Gasteiger partial charge in [-0.05, 0) is 23.8 Å². The van der Waals surface area contributed by atoms with Crippen molar-refractivity contribution in [3.8, 4) is 11.5 Å². The molecular weight excluding hydrogens is 326 g/mol. The van der Waals surface area contributed by atoms with Crippen molar-refractivity contribution < 1.29 is 23.9 Å². The fourth-order valence-electron chi connectivity index (χ4n) is 2.83. The first-order valence-electron chi connectivity index (χ1n) is 7.82. The monoisotopic (exact) mass is 345 g/mol. The number of hydrogen-bond donors (Lipinski definition) is 1. The van der Waals surface area contributed by atoms with Crippen molar-refractivity contribution in [1.82, 2.24) is 15.1 Å². The third-order valence-electron chi connectivity index (χ3n) is 4.24. The predicted octanol–water partition coefficient (Wildman–Crippen LogP) is 0.480. The van der Waals surface area contributed by atoms with Gasteiger partial charge in [0.25, 0.3) is 0 Å². The molecule has 0 aromatic heterocycles. The molecule has 8 nitrogen and oxygen atoms in total. The molecule has 1 N–H and O–H groups in total. The van der Waals surface area contributed by atoms with Crippen molar-refractivity contribution in [1.29, 1.82) is 0 Å². The molecule has 132 valence electrons. The van der Waals surface area contributed by atoms with Gasteiger partial charge in [0.1, 0.15) is 0 Å². The number of hydrogen-bond acceptors (Lipinski definition) is 5. The second kappa shape index (κ2) is 6.84. The molecule has 0 bridgehead atoms. The minimum absolute atomic E-state index is 0.0302. The van der Waals surface area contributed by atoms with Crippen LogP contribution in [0.4, 0.5) is 4.79 Å². The Morgan fingerprint density at radius 2 is 1.92 bits per heavy atom. The lowest BCUT2D eigenvalue weighted by molar-refractivity contribution is -0.138. The van der Waals surface area contributed by atoms with Gasteiger partial charge >= 0.3 is 6.03 Å². The Balaban J connectivity index is 1.58. The molecule has 4 amide bonds. The molecule has 2 fully saturated rings. The summed E-state index contributed by atoms with van der Waals surface area (Å²) in [6.07, 6.45) is 3.15. The molecule has 25 heavy (non-hydrogen) atoms. The highest BCUT2D eigenvalue weighted by atomic mass is 16.5. The van der Waals surface area contributed by atoms with Gasteiger partial charge in [0.05, 0.1) is 26.8 Å². The Morgan fingerprint density at radius 3 is 2.52 bits per heavy atom. The molecule has 0 unspecified atom stereocenters. The second-order valence-corrected chi connectivity index (χ2v) is 5.77. The van der Waals surface area contributed by atoms with Crippen LogP contribution >= 0.6 is 0 Å². The van der Waals surface area contributed by atoms with Crippen LogP contribution in [0.5, 0.6) is 11.5 Å². The summed E-state index contributed by atoms with van der Waals surface area (Å²) in [5, 5.41) is 2.48. The van der Waals surface area contributed by atoms with E-state index in [9.17, 15) is 14.4 Å². The summed E-state index contributed by atoms with van der Waals surface area (Å²) < 4.78 is 10.4. The number of benzene rings is 1. The zero-order valence-electron chi connectivity index (χ0n) is 14.0. The fourth-order valence-corrected chi connectivity index (χ4v) is 2.83. The molecule has 1 aromatic rings. The number of carbonyl (C=O) groups excluding carboxylic acids is 3. The summed E-state index contributed by atoms with van der Waals surface area (Å²) in [5.74, 6) is 0.783. The van der Waals surface area contributed by atoms with Crippen molar-refractivity contribution in [2.45, 2.75) is 6.04 Å². The van der Waals surface area contributed by atoms with Crippen molar-refractivity contribution in [2.24, 2.45) is 0 Å². The topological polar surface area (TPSA) is 88.2 Å². The van der Waals surface area contributed by atoms with Crippen LogP contribution in [0.2, 0.25) is 0 Å². The lowest BCUT2D eigenvalue weighted by Crippen LogP contribution is -2.62. The number of carbonyl (C=O) groups is 3. The van der Waals surface area contributed by atoms with Gasteiger partial charge in [-0.25, -0.2) is 4.79 Å². The van der Waals surface area contributed by atoms with E-state index in [2.05, 4.69) is 5.32 Å². The summed E-state index contributed by atoms with van der Waals surface area (Å²) in [5.41, 5.74) is 0.803. The molecule has 8 heteroatoms. The second-order valence-electron chi connectivity index (χ2n) is 5.77. The van der Waals surface area contributed by atoms with Crippen LogP contribution in [0.3, 0.4) is 0 Å². The zero-order valence-corrected chi connectivity index (χ0v) is 14.0. The molecule has 3 rings (SSSR count). The Bertz CT molecular complexity index is 724. The van der Waals surface area contributed by atoms with Crippen LogP contribution in [0, 0.1) is 0 Å². The zero-order chi connectivity index (χ0) is 18.0. The van der Waals surface area contributed by atoms with E-state index < -0.39 is 0 Å². The van der Waals surface area contributed by atoms with E-state index in [4.69, 9.17) is 9.47 Å². The summed E-state index contributed by atoms with van der Waals surface area (Å²) in [6.45, 7) is 0.741. The highest BCUT2D eigenvalue weighted by molar-refractivity contribution is 6.02. The van der Waals surface area contributed by atoms with E-state index >= 15 is 0 Å². The standard InChI is InChI=1S/C17H19N3O5/c1-24-13-5-3-11(7-14(13)25-2)4-6-15(21)19-9-12(10-19)20-16(22)8-18-17(20)23/h3-7,12H,8-10H2,1-2H3,(H,18,23)/b6-4+. The Labute approximate surface area is 145 Å². The molecule has 2 heterocycles. The quantitative estimate of drug-likeness (QED) is 0.619. The number of nitrogens with one attached hydrogen (secondary N) is 1. The molecule has 0 saturated carbocycles. The van der Waals surface area contributed by atoms with Crippen LogP contribution in [-0.4, -0.2) is 67.5 Å². The molecule has 0 spiro atoms. The minimum Gasteiger partial charge on any atom is -0.493 e. The van der Waals surface area contributed by atoms with Crippen molar-refractivity contribution >= 4 is 23.9 Å². The lowest BCUT2D eigenvalue weighted by atomic mass is 10.1. The van der Waals surface area contributed by atoms with E-state index in [-0.39, 0.29) is 30.4 Å². The molecule has 1 aromatic carbocycles. The van der Waals surface area contributed by atoms with Crippen molar-refractivity contribution in [2.75, 3.05) is 33.9 Å². The van der Waals surface area contributed by atoms with Gasteiger partial charge in [0.15, 0.2) is 11.5 Å². The Kier molecular flexibility index (Phi) is 4.60. The molecule has 2 saturated heterocycles. The summed E-state index contributed by atoms with van der Waals surface area (Å²) in [6, 6.07) is 4.73. The largest absolute Gasteiger partial charge is 0.493 e. The van der Waals surface area contributed by atoms with Gasteiger partial charge in [-0.15, -0.1) is 0 Å². The maximum Gasteiger partial charge on any atom is 0.324 e. The highest BCUT2D eigenvalue weighted by Gasteiger charge is 2.42. The van der Waals surface area contributed by atoms with Gasteiger partial charge in [0.2, 0.25) is 11.8 Å². The van der Waals surface area contributed by atoms with E-state index in [0.717, 1.165) is 5.56 Å². The molecule has 0 radical (unpaired) electrons. The van der Waals surface area contributed by atoms with E-state index in [1.54, 1.807) is 37.3 Å². The van der Waals surface area contributed by atoms with E-state index in [0.29, 0.717) is 24.6 Å². The van der Waals surface area contributed by atoms with Gasteiger partial charge in [0, 0.05) is 19.2 Å². The van der Waals surface area contributed by atoms with Gasteiger partial charge in [-0.3, -0.25) is 14.5 Å². The average Bonchev–Trinajstić information content (AvgIpc) is 2.90. The van der Waals surface area contributed by atoms with Crippen LogP contribution < -0.4 is 14.8 Å². The number of methoxy groups -OCH3 is 2. The Hall–Kier alpha value is -3.03. The molecule has 0 aliphatic carbocycles. The number of nitrogens with zero attached hydrogens (tertiary/aromatic N) is 2.